The van der Waals surface area contributed by atoms with Gasteiger partial charge in [0.25, 0.3) is 0 Å². The number of fused-ring (bicyclic) bond motifs is 1. The van der Waals surface area contributed by atoms with Gasteiger partial charge in [-0.2, -0.15) is 0 Å². The first-order chi connectivity index (χ1) is 14.0. The normalized spacial score (nSPS) is 15.3. The number of hydrogen-bond acceptors (Lipinski definition) is 4. The molecule has 0 radical (unpaired) electrons. The largest absolute Gasteiger partial charge is 0.493 e. The van der Waals surface area contributed by atoms with Crippen molar-refractivity contribution in [2.75, 3.05) is 6.61 Å². The van der Waals surface area contributed by atoms with Gasteiger partial charge in [0, 0.05) is 6.42 Å². The lowest BCUT2D eigenvalue weighted by atomic mass is 9.95. The van der Waals surface area contributed by atoms with Gasteiger partial charge in [-0.05, 0) is 28.3 Å². The zero-order chi connectivity index (χ0) is 20.3. The van der Waals surface area contributed by atoms with Crippen molar-refractivity contribution in [3.05, 3.63) is 101 Å². The van der Waals surface area contributed by atoms with Crippen LogP contribution in [-0.2, 0) is 22.2 Å². The summed E-state index contributed by atoms with van der Waals surface area (Å²) < 4.78 is 34.4. The molecule has 1 heterocycles. The fourth-order valence-corrected chi connectivity index (χ4v) is 5.03. The zero-order valence-electron chi connectivity index (χ0n) is 16.0. The van der Waals surface area contributed by atoms with E-state index in [2.05, 4.69) is 4.72 Å². The summed E-state index contributed by atoms with van der Waals surface area (Å²) in [5, 5.41) is 0. The molecule has 0 aromatic heterocycles. The van der Waals surface area contributed by atoms with Crippen LogP contribution in [0, 0.1) is 0 Å². The monoisotopic (exact) mass is 408 g/mol. The Hall–Kier alpha value is -2.67. The van der Waals surface area contributed by atoms with Crippen molar-refractivity contribution in [1.29, 1.82) is 0 Å². The van der Waals surface area contributed by atoms with Crippen LogP contribution in [0.2, 0.25) is 0 Å². The predicted molar refractivity (Wildman–Crippen MR) is 114 cm³/mol. The number of hydrogen-bond donors (Lipinski definition) is 2. The van der Waals surface area contributed by atoms with Crippen LogP contribution in [0.3, 0.4) is 0 Å². The van der Waals surface area contributed by atoms with E-state index >= 15 is 0 Å². The minimum atomic E-state index is -3.62. The van der Waals surface area contributed by atoms with Gasteiger partial charge in [-0.3, -0.25) is 0 Å². The summed E-state index contributed by atoms with van der Waals surface area (Å²) in [7, 11) is -3.62. The van der Waals surface area contributed by atoms with Crippen LogP contribution >= 0.6 is 0 Å². The van der Waals surface area contributed by atoms with Gasteiger partial charge in [0.2, 0.25) is 10.0 Å². The minimum Gasteiger partial charge on any atom is -0.493 e. The summed E-state index contributed by atoms with van der Waals surface area (Å²) in [6.45, 7) is 0.645. The van der Waals surface area contributed by atoms with Gasteiger partial charge in [-0.15, -0.1) is 0 Å². The molecule has 3 N–H and O–H groups in total. The van der Waals surface area contributed by atoms with Crippen LogP contribution in [-0.4, -0.2) is 15.0 Å². The molecule has 3 aromatic carbocycles. The fourth-order valence-electron chi connectivity index (χ4n) is 3.66. The molecule has 2 atom stereocenters. The Morgan fingerprint density at radius 3 is 2.28 bits per heavy atom. The molecule has 1 aliphatic rings. The SMILES string of the molecule is NC(c1ccccc1)C(NS(=O)(=O)Cc1ccc2c(c1)CCO2)c1ccccc1. The molecule has 150 valence electrons. The molecular weight excluding hydrogens is 384 g/mol. The smallest absolute Gasteiger partial charge is 0.216 e. The average molecular weight is 409 g/mol. The van der Waals surface area contributed by atoms with E-state index in [0.29, 0.717) is 6.61 Å². The number of nitrogens with one attached hydrogen (secondary N) is 1. The van der Waals surface area contributed by atoms with E-state index in [4.69, 9.17) is 10.5 Å². The maximum absolute atomic E-state index is 13.0. The lowest BCUT2D eigenvalue weighted by molar-refractivity contribution is 0.357. The molecule has 5 nitrogen and oxygen atoms in total. The summed E-state index contributed by atoms with van der Waals surface area (Å²) >= 11 is 0. The van der Waals surface area contributed by atoms with Crippen molar-refractivity contribution >= 4 is 10.0 Å². The molecule has 0 aliphatic carbocycles. The Morgan fingerprint density at radius 1 is 0.931 bits per heavy atom. The summed E-state index contributed by atoms with van der Waals surface area (Å²) in [5.41, 5.74) is 10.00. The van der Waals surface area contributed by atoms with E-state index in [1.165, 1.54) is 0 Å². The van der Waals surface area contributed by atoms with Crippen molar-refractivity contribution in [3.8, 4) is 5.75 Å². The van der Waals surface area contributed by atoms with E-state index < -0.39 is 22.1 Å². The van der Waals surface area contributed by atoms with Crippen LogP contribution in [0.5, 0.6) is 5.75 Å². The second kappa shape index (κ2) is 8.37. The standard InChI is InChI=1S/C23H24N2O3S/c24-22(18-7-3-1-4-8-18)23(19-9-5-2-6-10-19)25-29(26,27)16-17-11-12-21-20(15-17)13-14-28-21/h1-12,15,22-23,25H,13-14,16,24H2. The molecule has 3 aromatic rings. The van der Waals surface area contributed by atoms with Crippen LogP contribution in [0.4, 0.5) is 0 Å². The minimum absolute atomic E-state index is 0.106. The lowest BCUT2D eigenvalue weighted by Gasteiger charge is -2.26. The van der Waals surface area contributed by atoms with Gasteiger partial charge < -0.3 is 10.5 Å². The fraction of sp³-hybridized carbons (Fsp3) is 0.217. The maximum Gasteiger partial charge on any atom is 0.216 e. The second-order valence-electron chi connectivity index (χ2n) is 7.24. The molecule has 0 fully saturated rings. The van der Waals surface area contributed by atoms with Crippen LogP contribution < -0.4 is 15.2 Å². The van der Waals surface area contributed by atoms with Gasteiger partial charge in [0.1, 0.15) is 5.75 Å². The molecule has 4 rings (SSSR count). The summed E-state index contributed by atoms with van der Waals surface area (Å²) in [5.74, 6) is 0.734. The first-order valence-electron chi connectivity index (χ1n) is 9.62. The molecule has 0 saturated heterocycles. The maximum atomic E-state index is 13.0. The molecule has 29 heavy (non-hydrogen) atoms. The number of rotatable bonds is 7. The number of ether oxygens (including phenoxy) is 1. The lowest BCUT2D eigenvalue weighted by Crippen LogP contribution is -2.36. The van der Waals surface area contributed by atoms with Gasteiger partial charge in [-0.25, -0.2) is 13.1 Å². The van der Waals surface area contributed by atoms with Crippen molar-refractivity contribution < 1.29 is 13.2 Å². The second-order valence-corrected chi connectivity index (χ2v) is 9.00. The van der Waals surface area contributed by atoms with Gasteiger partial charge >= 0.3 is 0 Å². The van der Waals surface area contributed by atoms with E-state index in [9.17, 15) is 8.42 Å². The Balaban J connectivity index is 1.59. The molecule has 0 bridgehead atoms. The molecule has 0 saturated carbocycles. The van der Waals surface area contributed by atoms with Gasteiger partial charge in [-0.1, -0.05) is 72.8 Å². The van der Waals surface area contributed by atoms with Gasteiger partial charge in [0.15, 0.2) is 0 Å². The third-order valence-electron chi connectivity index (χ3n) is 5.12. The van der Waals surface area contributed by atoms with E-state index in [1.807, 2.05) is 72.8 Å². The molecular formula is C23H24N2O3S. The highest BCUT2D eigenvalue weighted by molar-refractivity contribution is 7.88. The highest BCUT2D eigenvalue weighted by Crippen LogP contribution is 2.29. The molecule has 0 spiro atoms. The zero-order valence-corrected chi connectivity index (χ0v) is 16.8. The Labute approximate surface area is 171 Å². The number of sulfonamides is 1. The van der Waals surface area contributed by atoms with Crippen LogP contribution in [0.25, 0.3) is 0 Å². The molecule has 2 unspecified atom stereocenters. The molecule has 6 heteroatoms. The highest BCUT2D eigenvalue weighted by Gasteiger charge is 2.27. The predicted octanol–water partition coefficient (Wildman–Crippen LogP) is 3.48. The highest BCUT2D eigenvalue weighted by atomic mass is 32.2. The summed E-state index contributed by atoms with van der Waals surface area (Å²) in [6.07, 6.45) is 0.808. The van der Waals surface area contributed by atoms with Gasteiger partial charge in [0.05, 0.1) is 24.4 Å². The van der Waals surface area contributed by atoms with Crippen molar-refractivity contribution in [3.63, 3.8) is 0 Å². The summed E-state index contributed by atoms with van der Waals surface area (Å²) in [6, 6.07) is 23.5. The first kappa shape index (κ1) is 19.6. The first-order valence-corrected chi connectivity index (χ1v) is 11.3. The Morgan fingerprint density at radius 2 is 1.59 bits per heavy atom. The van der Waals surface area contributed by atoms with Crippen molar-refractivity contribution in [2.24, 2.45) is 5.73 Å². The topological polar surface area (TPSA) is 81.4 Å². The van der Waals surface area contributed by atoms with Crippen LogP contribution in [0.15, 0.2) is 78.9 Å². The number of nitrogens with two attached hydrogens (primary N) is 1. The Kier molecular flexibility index (Phi) is 5.67. The third-order valence-corrected chi connectivity index (χ3v) is 6.45. The average Bonchev–Trinajstić information content (AvgIpc) is 3.20. The third kappa shape index (κ3) is 4.67. The summed E-state index contributed by atoms with van der Waals surface area (Å²) in [4.78, 5) is 0. The quantitative estimate of drug-likeness (QED) is 0.627. The van der Waals surface area contributed by atoms with E-state index in [0.717, 1.165) is 34.4 Å². The van der Waals surface area contributed by atoms with Crippen LogP contribution in [0.1, 0.15) is 34.3 Å². The Bertz CT molecular complexity index is 1070. The van der Waals surface area contributed by atoms with Crippen molar-refractivity contribution in [2.45, 2.75) is 24.3 Å². The molecule has 1 aliphatic heterocycles. The van der Waals surface area contributed by atoms with E-state index in [-0.39, 0.29) is 5.75 Å². The van der Waals surface area contributed by atoms with Crippen molar-refractivity contribution in [1.82, 2.24) is 4.72 Å². The molecule has 0 amide bonds. The number of benzene rings is 3. The van der Waals surface area contributed by atoms with E-state index in [1.54, 1.807) is 6.07 Å².